The van der Waals surface area contributed by atoms with Crippen LogP contribution < -0.4 is 9.47 Å². The van der Waals surface area contributed by atoms with Crippen molar-refractivity contribution in [2.75, 3.05) is 7.11 Å². The SMILES string of the molecule is CC.COc1ncccc1-c1cccnc1Oc1ccc2c(c1)CCCC2. The average molecular weight is 362 g/mol. The summed E-state index contributed by atoms with van der Waals surface area (Å²) in [6.07, 6.45) is 8.26. The molecule has 0 fully saturated rings. The third kappa shape index (κ3) is 4.27. The lowest BCUT2D eigenvalue weighted by Crippen LogP contribution is -2.02. The van der Waals surface area contributed by atoms with Crippen LogP contribution in [0.25, 0.3) is 11.1 Å². The van der Waals surface area contributed by atoms with Crippen molar-refractivity contribution >= 4 is 0 Å². The number of aromatic nitrogens is 2. The van der Waals surface area contributed by atoms with Gasteiger partial charge in [-0.3, -0.25) is 0 Å². The van der Waals surface area contributed by atoms with E-state index < -0.39 is 0 Å². The summed E-state index contributed by atoms with van der Waals surface area (Å²) in [5.41, 5.74) is 4.56. The van der Waals surface area contributed by atoms with E-state index in [0.29, 0.717) is 11.8 Å². The molecule has 4 nitrogen and oxygen atoms in total. The van der Waals surface area contributed by atoms with Crippen LogP contribution in [-0.4, -0.2) is 17.1 Å². The predicted octanol–water partition coefficient (Wildman–Crippen LogP) is 5.85. The molecule has 0 unspecified atom stereocenters. The molecule has 4 heteroatoms. The fourth-order valence-corrected chi connectivity index (χ4v) is 3.32. The number of benzene rings is 1. The first-order valence-electron chi connectivity index (χ1n) is 9.59. The quantitative estimate of drug-likeness (QED) is 0.584. The fraction of sp³-hybridized carbons (Fsp3) is 0.304. The van der Waals surface area contributed by atoms with Gasteiger partial charge in [0.15, 0.2) is 0 Å². The maximum absolute atomic E-state index is 6.14. The van der Waals surface area contributed by atoms with Gasteiger partial charge in [0.25, 0.3) is 0 Å². The highest BCUT2D eigenvalue weighted by atomic mass is 16.5. The van der Waals surface area contributed by atoms with Gasteiger partial charge in [-0.2, -0.15) is 0 Å². The van der Waals surface area contributed by atoms with Crippen LogP contribution in [0, 0.1) is 0 Å². The summed E-state index contributed by atoms with van der Waals surface area (Å²) in [5, 5.41) is 0. The van der Waals surface area contributed by atoms with Gasteiger partial charge >= 0.3 is 0 Å². The molecule has 0 amide bonds. The smallest absolute Gasteiger partial charge is 0.227 e. The van der Waals surface area contributed by atoms with Gasteiger partial charge in [-0.25, -0.2) is 9.97 Å². The summed E-state index contributed by atoms with van der Waals surface area (Å²) < 4.78 is 11.5. The van der Waals surface area contributed by atoms with Crippen molar-refractivity contribution in [3.8, 4) is 28.6 Å². The molecule has 1 aromatic carbocycles. The van der Waals surface area contributed by atoms with E-state index in [4.69, 9.17) is 9.47 Å². The van der Waals surface area contributed by atoms with E-state index in [1.807, 2.05) is 44.2 Å². The molecule has 140 valence electrons. The Morgan fingerprint density at radius 1 is 0.778 bits per heavy atom. The summed E-state index contributed by atoms with van der Waals surface area (Å²) >= 11 is 0. The van der Waals surface area contributed by atoms with Gasteiger partial charge in [-0.1, -0.05) is 19.9 Å². The molecular formula is C23H26N2O2. The Bertz CT molecular complexity index is 893. The van der Waals surface area contributed by atoms with E-state index in [-0.39, 0.29) is 0 Å². The van der Waals surface area contributed by atoms with Gasteiger partial charge in [-0.15, -0.1) is 0 Å². The lowest BCUT2D eigenvalue weighted by atomic mass is 9.92. The average Bonchev–Trinajstić information content (AvgIpc) is 2.75. The lowest BCUT2D eigenvalue weighted by molar-refractivity contribution is 0.399. The molecular weight excluding hydrogens is 336 g/mol. The zero-order valence-corrected chi connectivity index (χ0v) is 16.2. The molecule has 0 bridgehead atoms. The highest BCUT2D eigenvalue weighted by Crippen LogP contribution is 2.36. The second-order valence-corrected chi connectivity index (χ2v) is 6.16. The summed E-state index contributed by atoms with van der Waals surface area (Å²) in [6.45, 7) is 4.00. The Kier molecular flexibility index (Phi) is 6.42. The number of pyridine rings is 2. The monoisotopic (exact) mass is 362 g/mol. The first-order chi connectivity index (χ1) is 13.3. The summed E-state index contributed by atoms with van der Waals surface area (Å²) in [7, 11) is 1.62. The maximum atomic E-state index is 6.14. The molecule has 1 aliphatic carbocycles. The zero-order valence-electron chi connectivity index (χ0n) is 16.2. The van der Waals surface area contributed by atoms with Gasteiger partial charge in [0.1, 0.15) is 5.75 Å². The highest BCUT2D eigenvalue weighted by molar-refractivity contribution is 5.73. The van der Waals surface area contributed by atoms with Crippen molar-refractivity contribution in [1.29, 1.82) is 0 Å². The van der Waals surface area contributed by atoms with E-state index in [1.54, 1.807) is 19.5 Å². The van der Waals surface area contributed by atoms with Crippen LogP contribution in [-0.2, 0) is 12.8 Å². The van der Waals surface area contributed by atoms with E-state index in [2.05, 4.69) is 22.1 Å². The molecule has 0 aliphatic heterocycles. The molecule has 2 aromatic heterocycles. The predicted molar refractivity (Wildman–Crippen MR) is 109 cm³/mol. The molecule has 0 radical (unpaired) electrons. The van der Waals surface area contributed by atoms with Crippen LogP contribution >= 0.6 is 0 Å². The van der Waals surface area contributed by atoms with Crippen molar-refractivity contribution in [2.24, 2.45) is 0 Å². The van der Waals surface area contributed by atoms with E-state index in [0.717, 1.165) is 29.7 Å². The summed E-state index contributed by atoms with van der Waals surface area (Å²) in [6, 6.07) is 14.1. The summed E-state index contributed by atoms with van der Waals surface area (Å²) in [4.78, 5) is 8.71. The van der Waals surface area contributed by atoms with Gasteiger partial charge in [0, 0.05) is 23.5 Å². The first-order valence-corrected chi connectivity index (χ1v) is 9.59. The Balaban J connectivity index is 0.00000102. The Morgan fingerprint density at radius 2 is 1.41 bits per heavy atom. The Hall–Kier alpha value is -2.88. The minimum atomic E-state index is 0.560. The number of nitrogens with zero attached hydrogens (tertiary/aromatic N) is 2. The standard InChI is InChI=1S/C21H20N2O2.C2H6/c1-24-20-18(8-4-12-22-20)19-9-5-13-23-21(19)25-17-11-10-15-6-2-3-7-16(15)14-17;1-2/h4-5,8-14H,2-3,6-7H2,1H3;1-2H3. The Labute approximate surface area is 161 Å². The van der Waals surface area contributed by atoms with Crippen molar-refractivity contribution in [2.45, 2.75) is 39.5 Å². The Morgan fingerprint density at radius 3 is 2.11 bits per heavy atom. The van der Waals surface area contributed by atoms with Gasteiger partial charge in [0.2, 0.25) is 11.8 Å². The second kappa shape index (κ2) is 9.17. The van der Waals surface area contributed by atoms with Crippen molar-refractivity contribution < 1.29 is 9.47 Å². The highest BCUT2D eigenvalue weighted by Gasteiger charge is 2.15. The first kappa shape index (κ1) is 18.9. The van der Waals surface area contributed by atoms with E-state index >= 15 is 0 Å². The maximum Gasteiger partial charge on any atom is 0.227 e. The van der Waals surface area contributed by atoms with Gasteiger partial charge in [0.05, 0.1) is 7.11 Å². The fourth-order valence-electron chi connectivity index (χ4n) is 3.32. The number of hydrogen-bond donors (Lipinski definition) is 0. The van der Waals surface area contributed by atoms with Crippen molar-refractivity contribution in [3.63, 3.8) is 0 Å². The minimum Gasteiger partial charge on any atom is -0.481 e. The third-order valence-electron chi connectivity index (χ3n) is 4.56. The van der Waals surface area contributed by atoms with E-state index in [1.165, 1.54) is 24.0 Å². The number of ether oxygens (including phenoxy) is 2. The molecule has 0 saturated heterocycles. The molecule has 0 atom stereocenters. The zero-order chi connectivity index (χ0) is 19.1. The van der Waals surface area contributed by atoms with Crippen LogP contribution in [0.5, 0.6) is 17.5 Å². The molecule has 3 aromatic rings. The molecule has 4 rings (SSSR count). The molecule has 0 N–H and O–H groups in total. The van der Waals surface area contributed by atoms with Crippen molar-refractivity contribution in [3.05, 3.63) is 66.0 Å². The van der Waals surface area contributed by atoms with Crippen LogP contribution in [0.15, 0.2) is 54.9 Å². The van der Waals surface area contributed by atoms with Crippen LogP contribution in [0.4, 0.5) is 0 Å². The van der Waals surface area contributed by atoms with Gasteiger partial charge < -0.3 is 9.47 Å². The molecule has 1 aliphatic rings. The number of fused-ring (bicyclic) bond motifs is 1. The molecule has 27 heavy (non-hydrogen) atoms. The number of aryl methyl sites for hydroxylation is 2. The number of rotatable bonds is 4. The number of methoxy groups -OCH3 is 1. The topological polar surface area (TPSA) is 44.2 Å². The van der Waals surface area contributed by atoms with Crippen LogP contribution in [0.1, 0.15) is 37.8 Å². The van der Waals surface area contributed by atoms with E-state index in [9.17, 15) is 0 Å². The van der Waals surface area contributed by atoms with Gasteiger partial charge in [-0.05, 0) is 73.2 Å². The molecule has 2 heterocycles. The number of hydrogen-bond acceptors (Lipinski definition) is 4. The largest absolute Gasteiger partial charge is 0.481 e. The summed E-state index contributed by atoms with van der Waals surface area (Å²) in [5.74, 6) is 1.94. The molecule has 0 saturated carbocycles. The third-order valence-corrected chi connectivity index (χ3v) is 4.56. The molecule has 0 spiro atoms. The van der Waals surface area contributed by atoms with Crippen LogP contribution in [0.3, 0.4) is 0 Å². The van der Waals surface area contributed by atoms with Crippen molar-refractivity contribution in [1.82, 2.24) is 9.97 Å². The lowest BCUT2D eigenvalue weighted by Gasteiger charge is -2.17. The van der Waals surface area contributed by atoms with Crippen LogP contribution in [0.2, 0.25) is 0 Å². The second-order valence-electron chi connectivity index (χ2n) is 6.16. The minimum absolute atomic E-state index is 0.560. The normalized spacial score (nSPS) is 12.4.